The third kappa shape index (κ3) is 1.08. The summed E-state index contributed by atoms with van der Waals surface area (Å²) < 4.78 is 5.01. The van der Waals surface area contributed by atoms with E-state index in [-0.39, 0.29) is 5.69 Å². The van der Waals surface area contributed by atoms with Crippen molar-refractivity contribution in [2.45, 2.75) is 5.72 Å². The summed E-state index contributed by atoms with van der Waals surface area (Å²) in [6.07, 6.45) is 5.41. The van der Waals surface area contributed by atoms with Crippen LogP contribution in [0.4, 0.5) is 0 Å². The molecule has 6 heteroatoms. The normalized spacial score (nSPS) is 24.0. The number of aromatic nitrogens is 2. The Labute approximate surface area is 79.3 Å². The topological polar surface area (TPSA) is 84.3 Å². The summed E-state index contributed by atoms with van der Waals surface area (Å²) in [6, 6.07) is 1.48. The van der Waals surface area contributed by atoms with Crippen LogP contribution in [-0.2, 0) is 15.3 Å². The lowest BCUT2D eigenvalue weighted by molar-refractivity contribution is -0.161. The van der Waals surface area contributed by atoms with Crippen LogP contribution in [-0.4, -0.2) is 21.0 Å². The van der Waals surface area contributed by atoms with Gasteiger partial charge in [0.2, 0.25) is 0 Å². The molecule has 0 fully saturated rings. The minimum atomic E-state index is -1.61. The maximum absolute atomic E-state index is 11.0. The number of carbonyl (C=O) groups is 1. The van der Waals surface area contributed by atoms with E-state index in [1.54, 1.807) is 0 Å². The average Bonchev–Trinajstić information content (AvgIpc) is 2.69. The van der Waals surface area contributed by atoms with E-state index in [1.165, 1.54) is 31.1 Å². The smallest absolute Gasteiger partial charge is 0.376 e. The molecular weight excluding hydrogens is 186 g/mol. The van der Waals surface area contributed by atoms with Gasteiger partial charge in [-0.2, -0.15) is 0 Å². The van der Waals surface area contributed by atoms with Crippen molar-refractivity contribution in [3.8, 4) is 0 Å². The standard InChI is InChI=1S/C8H7N3O3/c12-7(13)8(11-3-4-14-8)6-1-2-9-5-10-6/h1-5,11H,(H,12,13). The molecule has 1 atom stereocenters. The van der Waals surface area contributed by atoms with E-state index >= 15 is 0 Å². The van der Waals surface area contributed by atoms with Crippen molar-refractivity contribution in [1.82, 2.24) is 15.3 Å². The Morgan fingerprint density at radius 2 is 2.50 bits per heavy atom. The quantitative estimate of drug-likeness (QED) is 0.676. The van der Waals surface area contributed by atoms with Crippen molar-refractivity contribution in [2.24, 2.45) is 0 Å². The van der Waals surface area contributed by atoms with Crippen LogP contribution in [0.15, 0.2) is 31.1 Å². The zero-order valence-electron chi connectivity index (χ0n) is 7.04. The van der Waals surface area contributed by atoms with Gasteiger partial charge >= 0.3 is 11.7 Å². The molecule has 0 saturated carbocycles. The van der Waals surface area contributed by atoms with Crippen LogP contribution < -0.4 is 5.32 Å². The highest BCUT2D eigenvalue weighted by molar-refractivity contribution is 5.79. The van der Waals surface area contributed by atoms with E-state index in [2.05, 4.69) is 15.3 Å². The van der Waals surface area contributed by atoms with Gasteiger partial charge in [0.15, 0.2) is 0 Å². The number of carboxylic acids is 1. The van der Waals surface area contributed by atoms with Crippen molar-refractivity contribution in [1.29, 1.82) is 0 Å². The highest BCUT2D eigenvalue weighted by Gasteiger charge is 2.45. The van der Waals surface area contributed by atoms with Crippen LogP contribution in [0.25, 0.3) is 0 Å². The van der Waals surface area contributed by atoms with Crippen molar-refractivity contribution in [3.63, 3.8) is 0 Å². The fourth-order valence-electron chi connectivity index (χ4n) is 1.18. The van der Waals surface area contributed by atoms with Crippen LogP contribution in [0.2, 0.25) is 0 Å². The molecule has 2 N–H and O–H groups in total. The first-order chi connectivity index (χ1) is 6.76. The summed E-state index contributed by atoms with van der Waals surface area (Å²) in [5.74, 6) is -1.15. The summed E-state index contributed by atoms with van der Waals surface area (Å²) >= 11 is 0. The Kier molecular flexibility index (Phi) is 1.81. The predicted molar refractivity (Wildman–Crippen MR) is 44.7 cm³/mol. The van der Waals surface area contributed by atoms with Gasteiger partial charge in [-0.1, -0.05) is 0 Å². The predicted octanol–water partition coefficient (Wildman–Crippen LogP) is -0.195. The lowest BCUT2D eigenvalue weighted by Crippen LogP contribution is -2.46. The Morgan fingerprint density at radius 1 is 1.64 bits per heavy atom. The maximum Gasteiger partial charge on any atom is 0.376 e. The molecule has 1 aromatic rings. The van der Waals surface area contributed by atoms with Crippen molar-refractivity contribution in [3.05, 3.63) is 36.7 Å². The van der Waals surface area contributed by atoms with E-state index in [1.807, 2.05) is 0 Å². The Hall–Kier alpha value is -2.11. The molecule has 2 rings (SSSR count). The van der Waals surface area contributed by atoms with Crippen molar-refractivity contribution >= 4 is 5.97 Å². The summed E-state index contributed by atoms with van der Waals surface area (Å²) in [5, 5.41) is 11.6. The third-order valence-electron chi connectivity index (χ3n) is 1.84. The van der Waals surface area contributed by atoms with Gasteiger partial charge in [0.1, 0.15) is 18.3 Å². The average molecular weight is 193 g/mol. The largest absolute Gasteiger partial charge is 0.476 e. The molecule has 1 aromatic heterocycles. The minimum Gasteiger partial charge on any atom is -0.476 e. The maximum atomic E-state index is 11.0. The number of ether oxygens (including phenoxy) is 1. The first-order valence-electron chi connectivity index (χ1n) is 3.86. The molecule has 0 amide bonds. The molecule has 2 heterocycles. The number of rotatable bonds is 2. The second-order valence-corrected chi connectivity index (χ2v) is 2.65. The van der Waals surface area contributed by atoms with E-state index < -0.39 is 11.7 Å². The molecule has 1 aliphatic rings. The van der Waals surface area contributed by atoms with Gasteiger partial charge in [0, 0.05) is 12.4 Å². The molecule has 0 spiro atoms. The highest BCUT2D eigenvalue weighted by Crippen LogP contribution is 2.24. The number of carboxylic acid groups (broad SMARTS) is 1. The van der Waals surface area contributed by atoms with Crippen LogP contribution in [0.1, 0.15) is 5.69 Å². The number of nitrogens with zero attached hydrogens (tertiary/aromatic N) is 2. The van der Waals surface area contributed by atoms with E-state index in [4.69, 9.17) is 9.84 Å². The fourth-order valence-corrected chi connectivity index (χ4v) is 1.18. The van der Waals surface area contributed by atoms with E-state index in [9.17, 15) is 4.79 Å². The number of hydrogen-bond donors (Lipinski definition) is 2. The van der Waals surface area contributed by atoms with Gasteiger partial charge in [0.05, 0.1) is 0 Å². The molecule has 1 aliphatic heterocycles. The van der Waals surface area contributed by atoms with Crippen LogP contribution >= 0.6 is 0 Å². The van der Waals surface area contributed by atoms with Crippen LogP contribution in [0.3, 0.4) is 0 Å². The monoisotopic (exact) mass is 193 g/mol. The summed E-state index contributed by atoms with van der Waals surface area (Å²) in [5.41, 5.74) is -1.35. The first-order valence-corrected chi connectivity index (χ1v) is 3.86. The van der Waals surface area contributed by atoms with Crippen LogP contribution in [0, 0.1) is 0 Å². The van der Waals surface area contributed by atoms with E-state index in [0.717, 1.165) is 0 Å². The van der Waals surface area contributed by atoms with Gasteiger partial charge in [-0.15, -0.1) is 0 Å². The molecule has 6 nitrogen and oxygen atoms in total. The number of aliphatic carboxylic acids is 1. The molecule has 0 radical (unpaired) electrons. The molecular formula is C8H7N3O3. The zero-order chi connectivity index (χ0) is 10.0. The number of nitrogens with one attached hydrogen (secondary N) is 1. The lowest BCUT2D eigenvalue weighted by Gasteiger charge is -2.22. The van der Waals surface area contributed by atoms with Gasteiger partial charge < -0.3 is 15.2 Å². The van der Waals surface area contributed by atoms with E-state index in [0.29, 0.717) is 0 Å². The molecule has 0 bridgehead atoms. The fraction of sp³-hybridized carbons (Fsp3) is 0.125. The molecule has 0 aliphatic carbocycles. The van der Waals surface area contributed by atoms with Gasteiger partial charge in [-0.05, 0) is 6.07 Å². The summed E-state index contributed by atoms with van der Waals surface area (Å²) in [6.45, 7) is 0. The Balaban J connectivity index is 2.43. The van der Waals surface area contributed by atoms with Crippen molar-refractivity contribution in [2.75, 3.05) is 0 Å². The Bertz CT molecular complexity index is 369. The molecule has 1 unspecified atom stereocenters. The third-order valence-corrected chi connectivity index (χ3v) is 1.84. The van der Waals surface area contributed by atoms with Gasteiger partial charge in [-0.3, -0.25) is 0 Å². The lowest BCUT2D eigenvalue weighted by atomic mass is 10.1. The summed E-state index contributed by atoms with van der Waals surface area (Å²) in [7, 11) is 0. The summed E-state index contributed by atoms with van der Waals surface area (Å²) in [4.78, 5) is 18.6. The van der Waals surface area contributed by atoms with Crippen molar-refractivity contribution < 1.29 is 14.6 Å². The first kappa shape index (κ1) is 8.49. The molecule has 72 valence electrons. The second-order valence-electron chi connectivity index (χ2n) is 2.65. The highest BCUT2D eigenvalue weighted by atomic mass is 16.5. The number of hydrogen-bond acceptors (Lipinski definition) is 5. The van der Waals surface area contributed by atoms with Gasteiger partial charge in [0.25, 0.3) is 0 Å². The molecule has 0 aromatic carbocycles. The Morgan fingerprint density at radius 3 is 3.00 bits per heavy atom. The van der Waals surface area contributed by atoms with Crippen LogP contribution in [0.5, 0.6) is 0 Å². The minimum absolute atomic E-state index is 0.255. The molecule has 0 saturated heterocycles. The second kappa shape index (κ2) is 2.99. The molecule has 14 heavy (non-hydrogen) atoms. The van der Waals surface area contributed by atoms with Gasteiger partial charge in [-0.25, -0.2) is 14.8 Å². The SMILES string of the molecule is O=C(O)C1(c2ccncn2)NC=CO1. The zero-order valence-corrected chi connectivity index (χ0v) is 7.04.